The average molecular weight is 365 g/mol. The molecule has 138 valence electrons. The number of hydrogen-bond donors (Lipinski definition) is 0. The van der Waals surface area contributed by atoms with E-state index in [0.29, 0.717) is 37.6 Å². The van der Waals surface area contributed by atoms with Crippen molar-refractivity contribution in [2.45, 2.75) is 0 Å². The van der Waals surface area contributed by atoms with Crippen molar-refractivity contribution < 1.29 is 13.9 Å². The highest BCUT2D eigenvalue weighted by Gasteiger charge is 2.22. The zero-order valence-electron chi connectivity index (χ0n) is 14.8. The Morgan fingerprint density at radius 3 is 2.67 bits per heavy atom. The van der Waals surface area contributed by atoms with E-state index in [4.69, 9.17) is 4.74 Å². The second kappa shape index (κ2) is 7.61. The molecule has 27 heavy (non-hydrogen) atoms. The molecule has 0 unspecified atom stereocenters. The first-order chi connectivity index (χ1) is 13.2. The fraction of sp³-hybridized carbons (Fsp3) is 0.238. The minimum absolute atomic E-state index is 0.00847. The lowest BCUT2D eigenvalue weighted by Crippen LogP contribution is -2.50. The Hall–Kier alpha value is -3.15. The fourth-order valence-corrected chi connectivity index (χ4v) is 3.28. The van der Waals surface area contributed by atoms with Crippen LogP contribution in [0.4, 0.5) is 10.1 Å². The molecule has 3 aromatic rings. The zero-order chi connectivity index (χ0) is 18.6. The van der Waals surface area contributed by atoms with Gasteiger partial charge >= 0.3 is 0 Å². The van der Waals surface area contributed by atoms with Crippen LogP contribution in [0.2, 0.25) is 0 Å². The molecule has 2 aromatic carbocycles. The van der Waals surface area contributed by atoms with Crippen molar-refractivity contribution in [2.24, 2.45) is 0 Å². The van der Waals surface area contributed by atoms with E-state index in [0.717, 1.165) is 10.9 Å². The number of piperazine rings is 1. The van der Waals surface area contributed by atoms with Crippen LogP contribution in [0.1, 0.15) is 0 Å². The van der Waals surface area contributed by atoms with E-state index in [1.807, 2.05) is 41.3 Å². The minimum Gasteiger partial charge on any atom is -0.484 e. The summed E-state index contributed by atoms with van der Waals surface area (Å²) in [6.45, 7) is 2.31. The van der Waals surface area contributed by atoms with E-state index < -0.39 is 0 Å². The summed E-state index contributed by atoms with van der Waals surface area (Å²) >= 11 is 0. The number of amides is 1. The molecule has 1 amide bonds. The van der Waals surface area contributed by atoms with E-state index in [1.165, 1.54) is 6.07 Å². The fourth-order valence-electron chi connectivity index (χ4n) is 3.28. The maximum Gasteiger partial charge on any atom is 0.260 e. The third kappa shape index (κ3) is 3.84. The molecule has 0 N–H and O–H groups in total. The molecule has 0 spiro atoms. The number of ether oxygens (including phenoxy) is 1. The van der Waals surface area contributed by atoms with Gasteiger partial charge < -0.3 is 14.5 Å². The molecule has 2 heterocycles. The lowest BCUT2D eigenvalue weighted by Gasteiger charge is -2.36. The van der Waals surface area contributed by atoms with Gasteiger partial charge in [0, 0.05) is 37.8 Å². The maximum atomic E-state index is 13.9. The van der Waals surface area contributed by atoms with Crippen molar-refractivity contribution in [1.82, 2.24) is 9.88 Å². The number of pyridine rings is 1. The van der Waals surface area contributed by atoms with Crippen LogP contribution in [0.15, 0.2) is 60.8 Å². The van der Waals surface area contributed by atoms with E-state index >= 15 is 0 Å². The molecule has 1 aromatic heterocycles. The Kier molecular flexibility index (Phi) is 4.87. The summed E-state index contributed by atoms with van der Waals surface area (Å²) in [5, 5.41) is 0.973. The molecule has 0 saturated carbocycles. The second-order valence-corrected chi connectivity index (χ2v) is 6.47. The highest BCUT2D eigenvalue weighted by atomic mass is 19.1. The molecular weight excluding hydrogens is 345 g/mol. The van der Waals surface area contributed by atoms with E-state index in [-0.39, 0.29) is 18.3 Å². The number of fused-ring (bicyclic) bond motifs is 1. The van der Waals surface area contributed by atoms with Gasteiger partial charge in [-0.2, -0.15) is 0 Å². The van der Waals surface area contributed by atoms with Crippen LogP contribution in [0.25, 0.3) is 10.9 Å². The summed E-state index contributed by atoms with van der Waals surface area (Å²) in [4.78, 5) is 20.4. The third-order valence-electron chi connectivity index (χ3n) is 4.76. The molecule has 1 saturated heterocycles. The van der Waals surface area contributed by atoms with Crippen LogP contribution in [0.3, 0.4) is 0 Å². The summed E-state index contributed by atoms with van der Waals surface area (Å²) in [6, 6.07) is 16.1. The number of para-hydroxylation sites is 1. The molecule has 1 fully saturated rings. The van der Waals surface area contributed by atoms with Crippen LogP contribution in [-0.4, -0.2) is 48.6 Å². The van der Waals surface area contributed by atoms with E-state index in [1.54, 1.807) is 23.2 Å². The molecular formula is C21H20FN3O2. The van der Waals surface area contributed by atoms with Crippen LogP contribution in [0, 0.1) is 5.82 Å². The van der Waals surface area contributed by atoms with Gasteiger partial charge in [-0.1, -0.05) is 18.2 Å². The molecule has 0 bridgehead atoms. The monoisotopic (exact) mass is 365 g/mol. The van der Waals surface area contributed by atoms with Crippen molar-refractivity contribution in [1.29, 1.82) is 0 Å². The average Bonchev–Trinajstić information content (AvgIpc) is 2.72. The molecule has 4 rings (SSSR count). The summed E-state index contributed by atoms with van der Waals surface area (Å²) in [6.07, 6.45) is 1.74. The Labute approximate surface area is 157 Å². The van der Waals surface area contributed by atoms with Crippen LogP contribution >= 0.6 is 0 Å². The first kappa shape index (κ1) is 17.3. The number of rotatable bonds is 4. The van der Waals surface area contributed by atoms with Gasteiger partial charge in [0.15, 0.2) is 6.61 Å². The van der Waals surface area contributed by atoms with Crippen molar-refractivity contribution >= 4 is 22.5 Å². The van der Waals surface area contributed by atoms with Gasteiger partial charge in [-0.15, -0.1) is 0 Å². The highest BCUT2D eigenvalue weighted by Crippen LogP contribution is 2.21. The topological polar surface area (TPSA) is 45.7 Å². The van der Waals surface area contributed by atoms with E-state index in [9.17, 15) is 9.18 Å². The number of carbonyl (C=O) groups excluding carboxylic acids is 1. The van der Waals surface area contributed by atoms with Crippen molar-refractivity contribution in [3.8, 4) is 5.75 Å². The number of carbonyl (C=O) groups is 1. The summed E-state index contributed by atoms with van der Waals surface area (Å²) in [5.74, 6) is 0.356. The summed E-state index contributed by atoms with van der Waals surface area (Å²) in [5.41, 5.74) is 1.48. The lowest BCUT2D eigenvalue weighted by molar-refractivity contribution is -0.133. The number of aromatic nitrogens is 1. The Morgan fingerprint density at radius 2 is 1.85 bits per heavy atom. The van der Waals surface area contributed by atoms with Gasteiger partial charge in [0.25, 0.3) is 5.91 Å². The van der Waals surface area contributed by atoms with Crippen molar-refractivity contribution in [2.75, 3.05) is 37.7 Å². The quantitative estimate of drug-likeness (QED) is 0.713. The van der Waals surface area contributed by atoms with Crippen LogP contribution in [0.5, 0.6) is 5.75 Å². The van der Waals surface area contributed by atoms with Gasteiger partial charge in [-0.3, -0.25) is 9.78 Å². The molecule has 1 aliphatic rings. The third-order valence-corrected chi connectivity index (χ3v) is 4.76. The van der Waals surface area contributed by atoms with Gasteiger partial charge in [0.05, 0.1) is 11.2 Å². The Balaban J connectivity index is 1.32. The predicted octanol–water partition coefficient (Wildman–Crippen LogP) is 3.10. The molecule has 1 aliphatic heterocycles. The summed E-state index contributed by atoms with van der Waals surface area (Å²) < 4.78 is 19.6. The molecule has 0 aliphatic carbocycles. The number of anilines is 1. The van der Waals surface area contributed by atoms with Gasteiger partial charge in [0.1, 0.15) is 11.6 Å². The first-order valence-electron chi connectivity index (χ1n) is 8.95. The molecule has 0 radical (unpaired) electrons. The highest BCUT2D eigenvalue weighted by molar-refractivity contribution is 5.81. The number of halogens is 1. The molecule has 5 nitrogen and oxygen atoms in total. The Morgan fingerprint density at radius 1 is 1.04 bits per heavy atom. The normalized spacial score (nSPS) is 14.4. The Bertz CT molecular complexity index is 955. The predicted molar refractivity (Wildman–Crippen MR) is 102 cm³/mol. The van der Waals surface area contributed by atoms with Crippen molar-refractivity contribution in [3.05, 3.63) is 66.6 Å². The number of benzene rings is 2. The van der Waals surface area contributed by atoms with Gasteiger partial charge in [-0.25, -0.2) is 4.39 Å². The van der Waals surface area contributed by atoms with Crippen molar-refractivity contribution in [3.63, 3.8) is 0 Å². The number of hydrogen-bond acceptors (Lipinski definition) is 4. The maximum absolute atomic E-state index is 13.9. The zero-order valence-corrected chi connectivity index (χ0v) is 14.8. The largest absolute Gasteiger partial charge is 0.484 e. The summed E-state index contributed by atoms with van der Waals surface area (Å²) in [7, 11) is 0. The van der Waals surface area contributed by atoms with Gasteiger partial charge in [-0.05, 0) is 36.4 Å². The minimum atomic E-state index is -0.230. The SMILES string of the molecule is O=C(COc1ccc2ncccc2c1)N1CCN(c2ccccc2F)CC1. The van der Waals surface area contributed by atoms with Crippen LogP contribution in [-0.2, 0) is 4.79 Å². The number of nitrogens with zero attached hydrogens (tertiary/aromatic N) is 3. The first-order valence-corrected chi connectivity index (χ1v) is 8.95. The molecule has 6 heteroatoms. The van der Waals surface area contributed by atoms with E-state index in [2.05, 4.69) is 4.98 Å². The second-order valence-electron chi connectivity index (χ2n) is 6.47. The van der Waals surface area contributed by atoms with Crippen LogP contribution < -0.4 is 9.64 Å². The van der Waals surface area contributed by atoms with Gasteiger partial charge in [0.2, 0.25) is 0 Å². The lowest BCUT2D eigenvalue weighted by atomic mass is 10.2. The standard InChI is InChI=1S/C21H20FN3O2/c22-18-5-1-2-6-20(18)24-10-12-25(13-11-24)21(26)15-27-17-7-8-19-16(14-17)4-3-9-23-19/h1-9,14H,10-13,15H2. The smallest absolute Gasteiger partial charge is 0.260 e. The molecule has 0 atom stereocenters.